The second-order valence-corrected chi connectivity index (χ2v) is 6.50. The molecule has 0 aliphatic carbocycles. The van der Waals surface area contributed by atoms with Gasteiger partial charge in [0.2, 0.25) is 5.91 Å². The molecular weight excluding hydrogens is 338 g/mol. The molecule has 1 heterocycles. The summed E-state index contributed by atoms with van der Waals surface area (Å²) in [5.74, 6) is -0.135. The fraction of sp³-hybridized carbons (Fsp3) is 0.200. The van der Waals surface area contributed by atoms with Crippen LogP contribution in [0.5, 0.6) is 0 Å². The summed E-state index contributed by atoms with van der Waals surface area (Å²) in [5, 5.41) is 2.79. The maximum Gasteiger partial charge on any atom is 0.224 e. The lowest BCUT2D eigenvalue weighted by molar-refractivity contribution is -0.116. The molecule has 0 saturated carbocycles. The number of hydrogen-bond acceptors (Lipinski definition) is 3. The smallest absolute Gasteiger partial charge is 0.224 e. The van der Waals surface area contributed by atoms with Crippen LogP contribution in [0.3, 0.4) is 0 Å². The van der Waals surface area contributed by atoms with Crippen LogP contribution in [0.4, 0.5) is 5.69 Å². The lowest BCUT2D eigenvalue weighted by Gasteiger charge is -2.06. The fourth-order valence-electron chi connectivity index (χ4n) is 1.71. The molecule has 5 heteroatoms. The van der Waals surface area contributed by atoms with Crippen molar-refractivity contribution >= 4 is 44.6 Å². The van der Waals surface area contributed by atoms with Gasteiger partial charge in [0, 0.05) is 22.2 Å². The summed E-state index contributed by atoms with van der Waals surface area (Å²) in [4.78, 5) is 25.5. The van der Waals surface area contributed by atoms with E-state index in [9.17, 15) is 9.59 Å². The zero-order chi connectivity index (χ0) is 14.5. The van der Waals surface area contributed by atoms with Gasteiger partial charge < -0.3 is 5.32 Å². The lowest BCUT2D eigenvalue weighted by Crippen LogP contribution is -2.13. The standard InChI is InChI=1S/C15H14BrNO2S/c1-10-6-8-14(20-10)13(18)7-9-15(19)17-12-5-3-2-4-11(12)16/h2-6,8H,7,9H2,1H3,(H,17,19). The molecule has 0 spiro atoms. The number of carbonyl (C=O) groups is 2. The van der Waals surface area contributed by atoms with Crippen LogP contribution in [0, 0.1) is 6.92 Å². The van der Waals surface area contributed by atoms with Crippen LogP contribution >= 0.6 is 27.3 Å². The van der Waals surface area contributed by atoms with E-state index in [-0.39, 0.29) is 24.5 Å². The van der Waals surface area contributed by atoms with Crippen LogP contribution < -0.4 is 5.32 Å². The molecule has 104 valence electrons. The number of nitrogens with one attached hydrogen (secondary N) is 1. The number of aryl methyl sites for hydroxylation is 1. The van der Waals surface area contributed by atoms with Crippen molar-refractivity contribution in [3.63, 3.8) is 0 Å². The average Bonchev–Trinajstić information content (AvgIpc) is 2.85. The van der Waals surface area contributed by atoms with E-state index in [4.69, 9.17) is 0 Å². The summed E-state index contributed by atoms with van der Waals surface area (Å²) in [6.45, 7) is 1.96. The summed E-state index contributed by atoms with van der Waals surface area (Å²) in [5.41, 5.74) is 0.719. The first-order valence-corrected chi connectivity index (χ1v) is 7.81. The number of benzene rings is 1. The number of thiophene rings is 1. The molecule has 0 bridgehead atoms. The summed E-state index contributed by atoms with van der Waals surface area (Å²) in [6, 6.07) is 11.1. The number of carbonyl (C=O) groups excluding carboxylic acids is 2. The molecular formula is C15H14BrNO2S. The Morgan fingerprint density at radius 1 is 1.15 bits per heavy atom. The Morgan fingerprint density at radius 3 is 2.55 bits per heavy atom. The first-order chi connectivity index (χ1) is 9.56. The molecule has 2 rings (SSSR count). The second kappa shape index (κ2) is 6.81. The van der Waals surface area contributed by atoms with Gasteiger partial charge in [-0.2, -0.15) is 0 Å². The minimum absolute atomic E-state index is 0.0189. The van der Waals surface area contributed by atoms with Gasteiger partial charge in [0.1, 0.15) is 0 Å². The van der Waals surface area contributed by atoms with Crippen molar-refractivity contribution in [2.45, 2.75) is 19.8 Å². The third-order valence-electron chi connectivity index (χ3n) is 2.74. The van der Waals surface area contributed by atoms with Crippen LogP contribution in [-0.4, -0.2) is 11.7 Å². The monoisotopic (exact) mass is 351 g/mol. The van der Waals surface area contributed by atoms with E-state index in [0.29, 0.717) is 0 Å². The normalized spacial score (nSPS) is 10.3. The predicted molar refractivity (Wildman–Crippen MR) is 85.4 cm³/mol. The third-order valence-corrected chi connectivity index (χ3v) is 4.48. The molecule has 20 heavy (non-hydrogen) atoms. The van der Waals surface area contributed by atoms with Crippen LogP contribution in [-0.2, 0) is 4.79 Å². The van der Waals surface area contributed by atoms with E-state index in [1.165, 1.54) is 11.3 Å². The third kappa shape index (κ3) is 4.02. The summed E-state index contributed by atoms with van der Waals surface area (Å²) in [7, 11) is 0. The fourth-order valence-corrected chi connectivity index (χ4v) is 2.93. The van der Waals surface area contributed by atoms with E-state index in [0.717, 1.165) is 19.9 Å². The Balaban J connectivity index is 1.87. The van der Waals surface area contributed by atoms with Gasteiger partial charge in [-0.3, -0.25) is 9.59 Å². The number of hydrogen-bond donors (Lipinski definition) is 1. The highest BCUT2D eigenvalue weighted by Crippen LogP contribution is 2.22. The largest absolute Gasteiger partial charge is 0.325 e. The van der Waals surface area contributed by atoms with E-state index < -0.39 is 0 Å². The van der Waals surface area contributed by atoms with Gasteiger partial charge in [-0.15, -0.1) is 11.3 Å². The molecule has 1 aromatic carbocycles. The van der Waals surface area contributed by atoms with Gasteiger partial charge in [0.25, 0.3) is 0 Å². The molecule has 0 aliphatic rings. The van der Waals surface area contributed by atoms with Crippen LogP contribution in [0.1, 0.15) is 27.4 Å². The van der Waals surface area contributed by atoms with E-state index >= 15 is 0 Å². The van der Waals surface area contributed by atoms with Crippen molar-refractivity contribution < 1.29 is 9.59 Å². The topological polar surface area (TPSA) is 46.2 Å². The van der Waals surface area contributed by atoms with Crippen molar-refractivity contribution in [3.05, 3.63) is 50.6 Å². The van der Waals surface area contributed by atoms with Gasteiger partial charge in [-0.25, -0.2) is 0 Å². The van der Waals surface area contributed by atoms with Gasteiger partial charge >= 0.3 is 0 Å². The maximum absolute atomic E-state index is 11.9. The van der Waals surface area contributed by atoms with E-state index in [1.807, 2.05) is 43.3 Å². The summed E-state index contributed by atoms with van der Waals surface area (Å²) < 4.78 is 0.827. The minimum atomic E-state index is -0.154. The number of Topliss-reactive ketones (excluding diaryl/α,β-unsaturated/α-hetero) is 1. The molecule has 1 aromatic heterocycles. The van der Waals surface area contributed by atoms with Crippen LogP contribution in [0.15, 0.2) is 40.9 Å². The highest BCUT2D eigenvalue weighted by Gasteiger charge is 2.11. The average molecular weight is 352 g/mol. The summed E-state index contributed by atoms with van der Waals surface area (Å²) in [6.07, 6.45) is 0.424. The number of anilines is 1. The van der Waals surface area contributed by atoms with Crippen LogP contribution in [0.2, 0.25) is 0 Å². The molecule has 0 radical (unpaired) electrons. The van der Waals surface area contributed by atoms with Gasteiger partial charge in [0.05, 0.1) is 10.6 Å². The Bertz CT molecular complexity index is 636. The molecule has 2 aromatic rings. The first kappa shape index (κ1) is 14.9. The quantitative estimate of drug-likeness (QED) is 0.810. The zero-order valence-corrected chi connectivity index (χ0v) is 13.4. The van der Waals surface area contributed by atoms with Crippen molar-refractivity contribution in [3.8, 4) is 0 Å². The SMILES string of the molecule is Cc1ccc(C(=O)CCC(=O)Nc2ccccc2Br)s1. The lowest BCUT2D eigenvalue weighted by atomic mass is 10.2. The molecule has 0 saturated heterocycles. The van der Waals surface area contributed by atoms with Gasteiger partial charge in [0.15, 0.2) is 5.78 Å². The number of para-hydroxylation sites is 1. The Hall–Kier alpha value is -1.46. The molecule has 0 atom stereocenters. The molecule has 0 unspecified atom stereocenters. The molecule has 1 amide bonds. The van der Waals surface area contributed by atoms with Gasteiger partial charge in [-0.1, -0.05) is 12.1 Å². The molecule has 0 aliphatic heterocycles. The molecule has 1 N–H and O–H groups in total. The second-order valence-electron chi connectivity index (χ2n) is 4.36. The highest BCUT2D eigenvalue weighted by atomic mass is 79.9. The minimum Gasteiger partial charge on any atom is -0.325 e. The van der Waals surface area contributed by atoms with Crippen molar-refractivity contribution in [2.75, 3.05) is 5.32 Å². The number of halogens is 1. The molecule has 0 fully saturated rings. The van der Waals surface area contributed by atoms with Crippen molar-refractivity contribution in [2.24, 2.45) is 0 Å². The number of ketones is 1. The Morgan fingerprint density at radius 2 is 1.90 bits per heavy atom. The van der Waals surface area contributed by atoms with Crippen molar-refractivity contribution in [1.29, 1.82) is 0 Å². The number of amides is 1. The number of rotatable bonds is 5. The maximum atomic E-state index is 11.9. The van der Waals surface area contributed by atoms with E-state index in [1.54, 1.807) is 0 Å². The van der Waals surface area contributed by atoms with E-state index in [2.05, 4.69) is 21.2 Å². The summed E-state index contributed by atoms with van der Waals surface area (Å²) >= 11 is 4.83. The zero-order valence-electron chi connectivity index (χ0n) is 11.0. The molecule has 3 nitrogen and oxygen atoms in total. The Kier molecular flexibility index (Phi) is 5.09. The first-order valence-electron chi connectivity index (χ1n) is 6.20. The van der Waals surface area contributed by atoms with Crippen LogP contribution in [0.25, 0.3) is 0 Å². The predicted octanol–water partition coefficient (Wildman–Crippen LogP) is 4.42. The highest BCUT2D eigenvalue weighted by molar-refractivity contribution is 9.10. The van der Waals surface area contributed by atoms with Gasteiger partial charge in [-0.05, 0) is 47.1 Å². The van der Waals surface area contributed by atoms with Crippen molar-refractivity contribution in [1.82, 2.24) is 0 Å². The Labute approximate surface area is 130 Å².